The van der Waals surface area contributed by atoms with Crippen molar-refractivity contribution in [3.05, 3.63) is 30.3 Å². The third-order valence-corrected chi connectivity index (χ3v) is 3.06. The number of anilines is 1. The summed E-state index contributed by atoms with van der Waals surface area (Å²) in [6.07, 6.45) is 0.616. The maximum Gasteiger partial charge on any atom is 0.222 e. The summed E-state index contributed by atoms with van der Waals surface area (Å²) in [6, 6.07) is 10.4. The molecule has 3 heteroatoms. The molecule has 1 heterocycles. The van der Waals surface area contributed by atoms with E-state index in [0.29, 0.717) is 6.42 Å². The Hall–Kier alpha value is -1.51. The van der Waals surface area contributed by atoms with E-state index in [2.05, 4.69) is 29.2 Å². The molecule has 0 aliphatic carbocycles. The van der Waals surface area contributed by atoms with Gasteiger partial charge in [-0.05, 0) is 12.1 Å². The molecule has 1 aliphatic heterocycles. The predicted octanol–water partition coefficient (Wildman–Crippen LogP) is 3.80. The number of para-hydroxylation sites is 1. The van der Waals surface area contributed by atoms with E-state index in [9.17, 15) is 4.79 Å². The molecular formula is C17H30N2O. The Labute approximate surface area is 124 Å². The highest BCUT2D eigenvalue weighted by Crippen LogP contribution is 2.15. The minimum absolute atomic E-state index is 0.271. The van der Waals surface area contributed by atoms with Crippen molar-refractivity contribution in [3.63, 3.8) is 0 Å². The van der Waals surface area contributed by atoms with Gasteiger partial charge in [-0.25, -0.2) is 0 Å². The lowest BCUT2D eigenvalue weighted by Gasteiger charge is -2.36. The average Bonchev–Trinajstić information content (AvgIpc) is 2.59. The molecule has 20 heavy (non-hydrogen) atoms. The van der Waals surface area contributed by atoms with Crippen LogP contribution >= 0.6 is 0 Å². The van der Waals surface area contributed by atoms with Gasteiger partial charge in [0.25, 0.3) is 0 Å². The van der Waals surface area contributed by atoms with Crippen molar-refractivity contribution in [2.45, 2.75) is 41.0 Å². The zero-order valence-electron chi connectivity index (χ0n) is 13.7. The molecule has 1 fully saturated rings. The third-order valence-electron chi connectivity index (χ3n) is 3.06. The molecule has 1 saturated heterocycles. The lowest BCUT2D eigenvalue weighted by Crippen LogP contribution is -2.48. The molecule has 0 N–H and O–H groups in total. The van der Waals surface area contributed by atoms with Crippen LogP contribution in [0, 0.1) is 0 Å². The molecule has 0 spiro atoms. The first-order valence-corrected chi connectivity index (χ1v) is 7.89. The largest absolute Gasteiger partial charge is 0.368 e. The van der Waals surface area contributed by atoms with Gasteiger partial charge in [-0.1, -0.05) is 52.8 Å². The highest BCUT2D eigenvalue weighted by atomic mass is 16.2. The summed E-state index contributed by atoms with van der Waals surface area (Å²) < 4.78 is 0. The Morgan fingerprint density at radius 1 is 0.950 bits per heavy atom. The second-order valence-corrected chi connectivity index (χ2v) is 4.06. The summed E-state index contributed by atoms with van der Waals surface area (Å²) in [5, 5.41) is 0. The van der Waals surface area contributed by atoms with Gasteiger partial charge in [0.05, 0.1) is 0 Å². The first kappa shape index (κ1) is 18.5. The van der Waals surface area contributed by atoms with Gasteiger partial charge in [0.15, 0.2) is 0 Å². The number of hydrogen-bond acceptors (Lipinski definition) is 2. The summed E-state index contributed by atoms with van der Waals surface area (Å²) in [5.41, 5.74) is 1.26. The molecule has 1 aromatic carbocycles. The van der Waals surface area contributed by atoms with Crippen LogP contribution in [0.4, 0.5) is 5.69 Å². The van der Waals surface area contributed by atoms with Crippen LogP contribution in [-0.2, 0) is 4.79 Å². The van der Waals surface area contributed by atoms with E-state index in [1.807, 2.05) is 45.6 Å². The Kier molecular flexibility index (Phi) is 10.5. The summed E-state index contributed by atoms with van der Waals surface area (Å²) >= 11 is 0. The molecule has 0 atom stereocenters. The van der Waals surface area contributed by atoms with Crippen molar-refractivity contribution < 1.29 is 4.79 Å². The lowest BCUT2D eigenvalue weighted by atomic mass is 10.2. The van der Waals surface area contributed by atoms with E-state index in [1.54, 1.807) is 0 Å². The summed E-state index contributed by atoms with van der Waals surface area (Å²) in [4.78, 5) is 15.8. The maximum absolute atomic E-state index is 11.5. The van der Waals surface area contributed by atoms with Crippen LogP contribution in [0.3, 0.4) is 0 Å². The molecule has 1 amide bonds. The van der Waals surface area contributed by atoms with E-state index in [0.717, 1.165) is 26.2 Å². The number of carbonyl (C=O) groups excluding carboxylic acids is 1. The van der Waals surface area contributed by atoms with Gasteiger partial charge in [0.1, 0.15) is 0 Å². The Morgan fingerprint density at radius 3 is 1.90 bits per heavy atom. The van der Waals surface area contributed by atoms with Gasteiger partial charge >= 0.3 is 0 Å². The Morgan fingerprint density at radius 2 is 1.45 bits per heavy atom. The van der Waals surface area contributed by atoms with Crippen molar-refractivity contribution in [2.24, 2.45) is 0 Å². The first-order valence-electron chi connectivity index (χ1n) is 7.89. The molecule has 0 aromatic heterocycles. The molecule has 0 radical (unpaired) electrons. The summed E-state index contributed by atoms with van der Waals surface area (Å²) in [6.45, 7) is 13.5. The topological polar surface area (TPSA) is 23.6 Å². The van der Waals surface area contributed by atoms with Gasteiger partial charge in [-0.3, -0.25) is 4.79 Å². The van der Waals surface area contributed by atoms with Gasteiger partial charge in [0.2, 0.25) is 5.91 Å². The van der Waals surface area contributed by atoms with Gasteiger partial charge in [-0.15, -0.1) is 0 Å². The minimum Gasteiger partial charge on any atom is -0.368 e. The van der Waals surface area contributed by atoms with Crippen LogP contribution in [0.2, 0.25) is 0 Å². The first-order chi connectivity index (χ1) is 9.81. The van der Waals surface area contributed by atoms with Crippen LogP contribution in [-0.4, -0.2) is 37.0 Å². The number of benzene rings is 1. The van der Waals surface area contributed by atoms with Gasteiger partial charge in [-0.2, -0.15) is 0 Å². The molecule has 0 saturated carbocycles. The molecule has 0 unspecified atom stereocenters. The van der Waals surface area contributed by atoms with Gasteiger partial charge < -0.3 is 9.80 Å². The van der Waals surface area contributed by atoms with Crippen LogP contribution in [0.1, 0.15) is 41.0 Å². The number of carbonyl (C=O) groups is 1. The normalized spacial score (nSPS) is 13.7. The van der Waals surface area contributed by atoms with Crippen molar-refractivity contribution in [3.8, 4) is 0 Å². The smallest absolute Gasteiger partial charge is 0.222 e. The van der Waals surface area contributed by atoms with E-state index in [-0.39, 0.29) is 5.91 Å². The number of rotatable bonds is 2. The zero-order valence-corrected chi connectivity index (χ0v) is 13.7. The molecule has 3 nitrogen and oxygen atoms in total. The van der Waals surface area contributed by atoms with Crippen molar-refractivity contribution >= 4 is 11.6 Å². The number of amides is 1. The van der Waals surface area contributed by atoms with Crippen LogP contribution < -0.4 is 4.90 Å². The predicted molar refractivity (Wildman–Crippen MR) is 88.2 cm³/mol. The number of hydrogen-bond donors (Lipinski definition) is 0. The fourth-order valence-electron chi connectivity index (χ4n) is 2.08. The minimum atomic E-state index is 0.271. The third kappa shape index (κ3) is 5.64. The second-order valence-electron chi connectivity index (χ2n) is 4.06. The lowest BCUT2D eigenvalue weighted by molar-refractivity contribution is -0.131. The fourth-order valence-corrected chi connectivity index (χ4v) is 2.08. The van der Waals surface area contributed by atoms with Crippen molar-refractivity contribution in [1.29, 1.82) is 0 Å². The van der Waals surface area contributed by atoms with Crippen LogP contribution in [0.25, 0.3) is 0 Å². The van der Waals surface area contributed by atoms with Gasteiger partial charge in [0, 0.05) is 38.3 Å². The van der Waals surface area contributed by atoms with Crippen LogP contribution in [0.15, 0.2) is 30.3 Å². The molecule has 0 bridgehead atoms. The van der Waals surface area contributed by atoms with E-state index in [4.69, 9.17) is 0 Å². The zero-order chi connectivity index (χ0) is 15.4. The molecule has 2 rings (SSSR count). The highest BCUT2D eigenvalue weighted by Gasteiger charge is 2.19. The number of piperazine rings is 1. The second kappa shape index (κ2) is 11.3. The summed E-state index contributed by atoms with van der Waals surface area (Å²) in [5.74, 6) is 0.271. The molecule has 114 valence electrons. The Bertz CT molecular complexity index is 343. The SMILES string of the molecule is CC.CC.CCC(=O)N1CCN(c2ccccc2)CC1. The van der Waals surface area contributed by atoms with Crippen molar-refractivity contribution in [2.75, 3.05) is 31.1 Å². The van der Waals surface area contributed by atoms with E-state index >= 15 is 0 Å². The fraction of sp³-hybridized carbons (Fsp3) is 0.588. The molecular weight excluding hydrogens is 248 g/mol. The average molecular weight is 278 g/mol. The molecule has 1 aliphatic rings. The quantitative estimate of drug-likeness (QED) is 0.821. The standard InChI is InChI=1S/C13H18N2O.2C2H6/c1-2-13(16)15-10-8-14(9-11-15)12-6-4-3-5-7-12;2*1-2/h3-7H,2,8-11H2,1H3;2*1-2H3. The van der Waals surface area contributed by atoms with Crippen molar-refractivity contribution in [1.82, 2.24) is 4.90 Å². The van der Waals surface area contributed by atoms with E-state index < -0.39 is 0 Å². The number of nitrogens with zero attached hydrogens (tertiary/aromatic N) is 2. The maximum atomic E-state index is 11.5. The van der Waals surface area contributed by atoms with Crippen LogP contribution in [0.5, 0.6) is 0 Å². The van der Waals surface area contributed by atoms with E-state index in [1.165, 1.54) is 5.69 Å². The summed E-state index contributed by atoms with van der Waals surface area (Å²) in [7, 11) is 0. The Balaban J connectivity index is 0.000000829. The highest BCUT2D eigenvalue weighted by molar-refractivity contribution is 5.76. The monoisotopic (exact) mass is 278 g/mol. The molecule has 1 aromatic rings.